The Bertz CT molecular complexity index is 4020. The zero-order valence-electron chi connectivity index (χ0n) is 43.2. The molecule has 14 rings (SSSR count). The van der Waals surface area contributed by atoms with Gasteiger partial charge in [0.25, 0.3) is 0 Å². The number of nitrogens with zero attached hydrogens (tertiary/aromatic N) is 1. The Labute approximate surface area is 439 Å². The summed E-state index contributed by atoms with van der Waals surface area (Å²) in [5, 5.41) is 8.86. The van der Waals surface area contributed by atoms with Gasteiger partial charge in [0, 0.05) is 43.5 Å². The van der Waals surface area contributed by atoms with Crippen LogP contribution >= 0.6 is 11.3 Å². The van der Waals surface area contributed by atoms with Gasteiger partial charge in [-0.05, 0) is 132 Å². The van der Waals surface area contributed by atoms with E-state index in [0.717, 1.165) is 67.7 Å². The van der Waals surface area contributed by atoms with Crippen molar-refractivity contribution < 1.29 is 4.42 Å². The third-order valence-electron chi connectivity index (χ3n) is 17.0. The van der Waals surface area contributed by atoms with E-state index in [1.165, 1.54) is 77.0 Å². The van der Waals surface area contributed by atoms with E-state index in [1.54, 1.807) is 0 Å². The highest BCUT2D eigenvalue weighted by Gasteiger charge is 2.46. The van der Waals surface area contributed by atoms with E-state index >= 15 is 0 Å². The average molecular weight is 974 g/mol. The van der Waals surface area contributed by atoms with Gasteiger partial charge in [-0.15, -0.1) is 11.3 Å². The molecule has 9 aromatic carbocycles. The fourth-order valence-electron chi connectivity index (χ4n) is 13.0. The Morgan fingerprint density at radius 3 is 1.89 bits per heavy atom. The normalized spacial score (nSPS) is 15.9. The van der Waals surface area contributed by atoms with Crippen LogP contribution in [0.3, 0.4) is 0 Å². The fourth-order valence-corrected chi connectivity index (χ4v) is 14.3. The molecule has 0 saturated carbocycles. The highest BCUT2D eigenvalue weighted by molar-refractivity contribution is 7.25. The minimum Gasteiger partial charge on any atom is -0.455 e. The molecule has 3 aliphatic rings. The summed E-state index contributed by atoms with van der Waals surface area (Å²) in [5.74, 6) is 0. The molecule has 3 nitrogen and oxygen atoms in total. The van der Waals surface area contributed by atoms with E-state index in [-0.39, 0.29) is 16.2 Å². The number of hydrogen-bond acceptors (Lipinski definition) is 4. The van der Waals surface area contributed by atoms with E-state index in [1.807, 2.05) is 11.3 Å². The first-order valence-corrected chi connectivity index (χ1v) is 27.2. The number of nitrogens with one attached hydrogen (secondary N) is 1. The van der Waals surface area contributed by atoms with Crippen LogP contribution in [0, 0.1) is 0 Å². The lowest BCUT2D eigenvalue weighted by Crippen LogP contribution is -2.40. The Hall–Kier alpha value is -7.60. The smallest absolute Gasteiger partial charge is 0.200 e. The second-order valence-electron chi connectivity index (χ2n) is 23.4. The molecule has 74 heavy (non-hydrogen) atoms. The van der Waals surface area contributed by atoms with E-state index < -0.39 is 5.41 Å². The van der Waals surface area contributed by atoms with Crippen molar-refractivity contribution in [3.8, 4) is 22.3 Å². The van der Waals surface area contributed by atoms with E-state index in [2.05, 4.69) is 260 Å². The summed E-state index contributed by atoms with van der Waals surface area (Å²) in [4.78, 5) is 2.63. The quantitative estimate of drug-likeness (QED) is 0.174. The van der Waals surface area contributed by atoms with Crippen LogP contribution in [-0.4, -0.2) is 7.28 Å². The zero-order valence-corrected chi connectivity index (χ0v) is 44.0. The predicted molar refractivity (Wildman–Crippen MR) is 315 cm³/mol. The number of para-hydroxylation sites is 3. The largest absolute Gasteiger partial charge is 0.455 e. The van der Waals surface area contributed by atoms with Crippen molar-refractivity contribution in [2.45, 2.75) is 83.0 Å². The van der Waals surface area contributed by atoms with Crippen LogP contribution in [0.15, 0.2) is 199 Å². The molecule has 0 saturated heterocycles. The van der Waals surface area contributed by atoms with E-state index in [0.29, 0.717) is 0 Å². The van der Waals surface area contributed by atoms with Crippen LogP contribution in [0.5, 0.6) is 0 Å². The van der Waals surface area contributed by atoms with Gasteiger partial charge in [0.15, 0.2) is 7.28 Å². The lowest BCUT2D eigenvalue weighted by atomic mass is 9.57. The molecule has 0 bridgehead atoms. The molecule has 0 atom stereocenters. The van der Waals surface area contributed by atoms with Crippen molar-refractivity contribution in [2.24, 2.45) is 0 Å². The summed E-state index contributed by atoms with van der Waals surface area (Å²) in [6.45, 7) is 16.8. The molecule has 0 fully saturated rings. The van der Waals surface area contributed by atoms with Gasteiger partial charge in [-0.2, -0.15) is 0 Å². The lowest BCUT2D eigenvalue weighted by molar-refractivity contribution is 0.332. The molecular weight excluding hydrogens is 916 g/mol. The molecule has 1 aliphatic carbocycles. The predicted octanol–water partition coefficient (Wildman–Crippen LogP) is 17.7. The first kappa shape index (κ1) is 45.1. The Balaban J connectivity index is 1.13. The fraction of sp³-hybridized carbons (Fsp3) is 0.188. The molecule has 0 amide bonds. The highest BCUT2D eigenvalue weighted by Crippen LogP contribution is 2.58. The maximum Gasteiger partial charge on any atom is 0.200 e. The van der Waals surface area contributed by atoms with E-state index in [9.17, 15) is 0 Å². The number of furan rings is 1. The van der Waals surface area contributed by atoms with Gasteiger partial charge in [0.2, 0.25) is 0 Å². The van der Waals surface area contributed by atoms with Gasteiger partial charge in [0.1, 0.15) is 11.2 Å². The summed E-state index contributed by atoms with van der Waals surface area (Å²) in [7, 11) is 2.53. The Morgan fingerprint density at radius 2 is 1.18 bits per heavy atom. The number of fused-ring (bicyclic) bond motifs is 10. The van der Waals surface area contributed by atoms with Crippen LogP contribution in [0.25, 0.3) is 54.3 Å². The van der Waals surface area contributed by atoms with Crippen molar-refractivity contribution in [1.29, 1.82) is 0 Å². The zero-order chi connectivity index (χ0) is 50.3. The summed E-state index contributed by atoms with van der Waals surface area (Å²) in [5.41, 5.74) is 21.7. The number of thiophene rings is 1. The second kappa shape index (κ2) is 16.2. The molecule has 5 heteroatoms. The SMILES string of the molecule is CC(C)(C)c1ccc(N2c3cc4c(oc5ccccc54)c(-c4cccc5c4Nc4ccccc4C5(c4ccccc4)c4ccccc4)c3[B]c3c2sc2cc4c(cc32)C(C)(C)CCC4(C)C)c(-c2ccccc2)c1. The van der Waals surface area contributed by atoms with Crippen LogP contribution in [0.1, 0.15) is 100 Å². The number of anilines is 5. The summed E-state index contributed by atoms with van der Waals surface area (Å²) >= 11 is 1.94. The highest BCUT2D eigenvalue weighted by atomic mass is 32.1. The maximum absolute atomic E-state index is 7.29. The molecular formula is C69H58BN2OS. The molecule has 1 N–H and O–H groups in total. The summed E-state index contributed by atoms with van der Waals surface area (Å²) in [6.07, 6.45) is 2.32. The first-order chi connectivity index (χ1) is 35.8. The minimum absolute atomic E-state index is 0.0457. The van der Waals surface area contributed by atoms with Gasteiger partial charge in [0.05, 0.1) is 21.8 Å². The Morgan fingerprint density at radius 1 is 0.541 bits per heavy atom. The third kappa shape index (κ3) is 6.58. The molecule has 1 radical (unpaired) electrons. The van der Waals surface area contributed by atoms with Gasteiger partial charge in [-0.25, -0.2) is 0 Å². The molecule has 0 unspecified atom stereocenters. The van der Waals surface area contributed by atoms with Crippen molar-refractivity contribution in [3.05, 3.63) is 233 Å². The van der Waals surface area contributed by atoms with Crippen molar-refractivity contribution in [1.82, 2.24) is 0 Å². The third-order valence-corrected chi connectivity index (χ3v) is 18.2. The first-order valence-electron chi connectivity index (χ1n) is 26.4. The van der Waals surface area contributed by atoms with Crippen molar-refractivity contribution >= 4 is 89.3 Å². The van der Waals surface area contributed by atoms with Crippen LogP contribution in [0.2, 0.25) is 0 Å². The summed E-state index contributed by atoms with van der Waals surface area (Å²) in [6, 6.07) is 72.5. The number of hydrogen-bond donors (Lipinski definition) is 1. The number of rotatable bonds is 5. The van der Waals surface area contributed by atoms with Crippen molar-refractivity contribution in [3.63, 3.8) is 0 Å². The Kier molecular flexibility index (Phi) is 9.86. The van der Waals surface area contributed by atoms with Crippen LogP contribution < -0.4 is 21.1 Å². The van der Waals surface area contributed by atoms with Crippen molar-refractivity contribution in [2.75, 3.05) is 10.2 Å². The molecule has 0 spiro atoms. The molecule has 11 aromatic rings. The van der Waals surface area contributed by atoms with Crippen LogP contribution in [-0.2, 0) is 21.7 Å². The van der Waals surface area contributed by atoms with Crippen LogP contribution in [0.4, 0.5) is 27.8 Å². The standard InChI is InChI=1S/C69H58BN2OS/c1-66(2,3)45-34-35-56(48(38-45)42-22-11-8-12-23-42)72-57-40-49-46-28-17-20-33-58(46)73-64(49)60(62(57)70-61-50-39-53-54(41-59(50)74-65(61)72)68(6,7)37-36-67(53,4)5)47-29-21-31-52-63(47)71-55-32-19-18-30-51(55)69(52,43-24-13-9-14-25-43)44-26-15-10-16-27-44/h8-35,38-41,71H,36-37H2,1-7H3. The topological polar surface area (TPSA) is 28.4 Å². The molecule has 2 aromatic heterocycles. The van der Waals surface area contributed by atoms with Gasteiger partial charge >= 0.3 is 0 Å². The average Bonchev–Trinajstić information content (AvgIpc) is 4.00. The molecule has 4 heterocycles. The minimum atomic E-state index is -0.636. The monoisotopic (exact) mass is 973 g/mol. The number of benzene rings is 9. The van der Waals surface area contributed by atoms with Gasteiger partial charge in [-0.3, -0.25) is 0 Å². The molecule has 359 valence electrons. The molecule has 2 aliphatic heterocycles. The van der Waals surface area contributed by atoms with Gasteiger partial charge in [-0.1, -0.05) is 200 Å². The lowest BCUT2D eigenvalue weighted by Gasteiger charge is -2.43. The van der Waals surface area contributed by atoms with Gasteiger partial charge < -0.3 is 14.6 Å². The second-order valence-corrected chi connectivity index (χ2v) is 24.4. The summed E-state index contributed by atoms with van der Waals surface area (Å²) < 4.78 is 8.61. The van der Waals surface area contributed by atoms with E-state index in [4.69, 9.17) is 4.42 Å². The maximum atomic E-state index is 7.29.